The molecule has 1 N–H and O–H groups in total. The molecule has 2 saturated heterocycles. The normalized spacial score (nSPS) is 28.6. The summed E-state index contributed by atoms with van der Waals surface area (Å²) in [7, 11) is 0. The highest BCUT2D eigenvalue weighted by atomic mass is 32.2. The number of ether oxygens (including phenoxy) is 2. The summed E-state index contributed by atoms with van der Waals surface area (Å²) < 4.78 is 11.6. The number of benzene rings is 1. The zero-order valence-corrected chi connectivity index (χ0v) is 13.7. The number of aliphatic hydroxyl groups is 1. The maximum absolute atomic E-state index is 10.0. The van der Waals surface area contributed by atoms with Crippen LogP contribution >= 0.6 is 23.5 Å². The molecule has 0 aromatic heterocycles. The second-order valence-corrected chi connectivity index (χ2v) is 8.80. The van der Waals surface area contributed by atoms with E-state index in [0.717, 1.165) is 12.8 Å². The highest BCUT2D eigenvalue weighted by Crippen LogP contribution is 2.51. The number of aliphatic hydroxyl groups excluding tert-OH is 1. The van der Waals surface area contributed by atoms with E-state index in [2.05, 4.69) is 12.1 Å². The third-order valence-corrected chi connectivity index (χ3v) is 7.22. The molecule has 0 radical (unpaired) electrons. The lowest BCUT2D eigenvalue weighted by Crippen LogP contribution is -2.44. The van der Waals surface area contributed by atoms with Gasteiger partial charge in [-0.15, -0.1) is 23.5 Å². The van der Waals surface area contributed by atoms with Gasteiger partial charge in [-0.2, -0.15) is 0 Å². The van der Waals surface area contributed by atoms with Crippen LogP contribution in [0, 0.1) is 0 Å². The molecule has 2 aliphatic heterocycles. The van der Waals surface area contributed by atoms with E-state index in [1.54, 1.807) is 0 Å². The summed E-state index contributed by atoms with van der Waals surface area (Å²) >= 11 is 3.98. The molecule has 1 aromatic carbocycles. The Balaban J connectivity index is 1.50. The predicted octanol–water partition coefficient (Wildman–Crippen LogP) is 3.27. The average molecular weight is 326 g/mol. The summed E-state index contributed by atoms with van der Waals surface area (Å²) in [6, 6.07) is 10.2. The van der Waals surface area contributed by atoms with Crippen LogP contribution in [0.1, 0.15) is 24.8 Å². The van der Waals surface area contributed by atoms with Gasteiger partial charge in [-0.3, -0.25) is 0 Å². The smallest absolute Gasteiger partial charge is 0.157 e. The van der Waals surface area contributed by atoms with Crippen molar-refractivity contribution in [1.29, 1.82) is 0 Å². The summed E-state index contributed by atoms with van der Waals surface area (Å²) in [6.07, 6.45) is 2.31. The fourth-order valence-electron chi connectivity index (χ4n) is 2.85. The molecule has 2 heterocycles. The van der Waals surface area contributed by atoms with Crippen LogP contribution in [-0.4, -0.2) is 39.7 Å². The Hall–Kier alpha value is -0.200. The van der Waals surface area contributed by atoms with Crippen molar-refractivity contribution in [2.45, 2.75) is 42.3 Å². The van der Waals surface area contributed by atoms with Crippen LogP contribution in [0.2, 0.25) is 0 Å². The highest BCUT2D eigenvalue weighted by molar-refractivity contribution is 8.18. The van der Waals surface area contributed by atoms with E-state index in [1.807, 2.05) is 41.7 Å². The predicted molar refractivity (Wildman–Crippen MR) is 88.5 cm³/mol. The van der Waals surface area contributed by atoms with Gasteiger partial charge in [0.05, 0.1) is 23.4 Å². The van der Waals surface area contributed by atoms with E-state index in [-0.39, 0.29) is 10.2 Å². The van der Waals surface area contributed by atoms with Crippen molar-refractivity contribution in [2.75, 3.05) is 18.1 Å². The van der Waals surface area contributed by atoms with Gasteiger partial charge in [-0.25, -0.2) is 0 Å². The summed E-state index contributed by atoms with van der Waals surface area (Å²) in [4.78, 5) is 0. The van der Waals surface area contributed by atoms with Gasteiger partial charge in [-0.1, -0.05) is 30.3 Å². The molecule has 0 aliphatic carbocycles. The molecule has 2 atom stereocenters. The Morgan fingerprint density at radius 3 is 2.71 bits per heavy atom. The molecule has 116 valence electrons. The fourth-order valence-corrected chi connectivity index (χ4v) is 6.31. The SMILES string of the molecule is OC1CC2(C[C@H](COCc3ccccc3)O1)SCCCS2. The molecule has 5 heteroatoms. The molecule has 0 bridgehead atoms. The minimum Gasteiger partial charge on any atom is -0.374 e. The summed E-state index contributed by atoms with van der Waals surface area (Å²) in [5, 5.41) is 10.0. The average Bonchev–Trinajstić information content (AvgIpc) is 2.48. The maximum Gasteiger partial charge on any atom is 0.157 e. The number of thioether (sulfide) groups is 2. The minimum atomic E-state index is -0.651. The second kappa shape index (κ2) is 7.38. The largest absolute Gasteiger partial charge is 0.374 e. The lowest BCUT2D eigenvalue weighted by Gasteiger charge is -2.44. The van der Waals surface area contributed by atoms with E-state index in [1.165, 1.54) is 23.5 Å². The van der Waals surface area contributed by atoms with Crippen LogP contribution < -0.4 is 0 Å². The monoisotopic (exact) mass is 326 g/mol. The third-order valence-electron chi connectivity index (χ3n) is 3.81. The van der Waals surface area contributed by atoms with Gasteiger partial charge in [0.15, 0.2) is 6.29 Å². The van der Waals surface area contributed by atoms with Crippen LogP contribution in [0.25, 0.3) is 0 Å². The summed E-state index contributed by atoms with van der Waals surface area (Å²) in [5.41, 5.74) is 1.17. The second-order valence-electron chi connectivity index (χ2n) is 5.58. The topological polar surface area (TPSA) is 38.7 Å². The van der Waals surface area contributed by atoms with Crippen molar-refractivity contribution in [3.8, 4) is 0 Å². The van der Waals surface area contributed by atoms with Gasteiger partial charge in [0.1, 0.15) is 0 Å². The first kappa shape index (κ1) is 15.7. The Labute approximate surface area is 134 Å². The fraction of sp³-hybridized carbons (Fsp3) is 0.625. The lowest BCUT2D eigenvalue weighted by atomic mass is 10.1. The summed E-state index contributed by atoms with van der Waals surface area (Å²) in [6.45, 7) is 1.15. The zero-order valence-electron chi connectivity index (χ0n) is 12.1. The number of hydrogen-bond donors (Lipinski definition) is 1. The quantitative estimate of drug-likeness (QED) is 0.919. The van der Waals surface area contributed by atoms with Crippen molar-refractivity contribution in [3.05, 3.63) is 35.9 Å². The van der Waals surface area contributed by atoms with Gasteiger partial charge < -0.3 is 14.6 Å². The molecular weight excluding hydrogens is 304 g/mol. The maximum atomic E-state index is 10.0. The first-order chi connectivity index (χ1) is 10.3. The first-order valence-electron chi connectivity index (χ1n) is 7.49. The molecule has 0 saturated carbocycles. The molecule has 2 fully saturated rings. The Morgan fingerprint density at radius 2 is 1.95 bits per heavy atom. The van der Waals surface area contributed by atoms with Crippen molar-refractivity contribution < 1.29 is 14.6 Å². The molecule has 0 amide bonds. The Kier molecular flexibility index (Phi) is 5.51. The van der Waals surface area contributed by atoms with Crippen molar-refractivity contribution >= 4 is 23.5 Å². The third kappa shape index (κ3) is 4.39. The van der Waals surface area contributed by atoms with Crippen LogP contribution in [0.3, 0.4) is 0 Å². The van der Waals surface area contributed by atoms with Gasteiger partial charge in [-0.05, 0) is 29.9 Å². The lowest BCUT2D eigenvalue weighted by molar-refractivity contribution is -0.179. The Bertz CT molecular complexity index is 434. The van der Waals surface area contributed by atoms with E-state index in [4.69, 9.17) is 9.47 Å². The molecule has 2 aliphatic rings. The first-order valence-corrected chi connectivity index (χ1v) is 9.46. The molecule has 21 heavy (non-hydrogen) atoms. The van der Waals surface area contributed by atoms with Crippen molar-refractivity contribution in [1.82, 2.24) is 0 Å². The van der Waals surface area contributed by atoms with Crippen molar-refractivity contribution in [3.63, 3.8) is 0 Å². The zero-order chi connectivity index (χ0) is 14.5. The van der Waals surface area contributed by atoms with Crippen LogP contribution in [-0.2, 0) is 16.1 Å². The van der Waals surface area contributed by atoms with Gasteiger partial charge in [0.2, 0.25) is 0 Å². The van der Waals surface area contributed by atoms with Crippen LogP contribution in [0.15, 0.2) is 30.3 Å². The van der Waals surface area contributed by atoms with E-state index < -0.39 is 6.29 Å². The summed E-state index contributed by atoms with van der Waals surface area (Å²) in [5.74, 6) is 2.38. The van der Waals surface area contributed by atoms with Crippen LogP contribution in [0.5, 0.6) is 0 Å². The molecule has 3 nitrogen and oxygen atoms in total. The molecule has 1 unspecified atom stereocenters. The highest BCUT2D eigenvalue weighted by Gasteiger charge is 2.43. The standard InChI is InChI=1S/C16H22O3S2/c17-15-10-16(20-7-4-8-21-16)9-14(19-15)12-18-11-13-5-2-1-3-6-13/h1-3,5-6,14-15,17H,4,7-12H2/t14-,15?/m1/s1. The molecule has 1 aromatic rings. The van der Waals surface area contributed by atoms with Gasteiger partial charge in [0, 0.05) is 6.42 Å². The van der Waals surface area contributed by atoms with Crippen LogP contribution in [0.4, 0.5) is 0 Å². The molecular formula is C16H22O3S2. The van der Waals surface area contributed by atoms with E-state index in [0.29, 0.717) is 13.2 Å². The molecule has 1 spiro atoms. The Morgan fingerprint density at radius 1 is 1.19 bits per heavy atom. The number of hydrogen-bond acceptors (Lipinski definition) is 5. The van der Waals surface area contributed by atoms with Crippen molar-refractivity contribution in [2.24, 2.45) is 0 Å². The van der Waals surface area contributed by atoms with E-state index in [9.17, 15) is 5.11 Å². The molecule has 3 rings (SSSR count). The minimum absolute atomic E-state index is 0.00411. The van der Waals surface area contributed by atoms with E-state index >= 15 is 0 Å². The number of rotatable bonds is 4. The van der Waals surface area contributed by atoms with Gasteiger partial charge in [0.25, 0.3) is 0 Å². The van der Waals surface area contributed by atoms with Gasteiger partial charge >= 0.3 is 0 Å².